The van der Waals surface area contributed by atoms with Crippen LogP contribution in [0.3, 0.4) is 0 Å². The molecule has 0 spiro atoms. The summed E-state index contributed by atoms with van der Waals surface area (Å²) in [5.41, 5.74) is 0. The van der Waals surface area contributed by atoms with Crippen LogP contribution in [-0.2, 0) is 16.1 Å². The quantitative estimate of drug-likeness (QED) is 0.604. The largest absolute Gasteiger partial charge is 0.374 e. The normalized spacial score (nSPS) is 10.2. The predicted octanol–water partition coefficient (Wildman–Crippen LogP) is 1.38. The average Bonchev–Trinajstić information content (AvgIpc) is 2.49. The molecule has 118 valence electrons. The number of hydrogen-bond acceptors (Lipinski definition) is 6. The Bertz CT molecular complexity index is 439. The summed E-state index contributed by atoms with van der Waals surface area (Å²) in [6.07, 6.45) is 0.919. The number of carbonyl (C=O) groups is 1. The van der Waals surface area contributed by atoms with Crippen LogP contribution in [0.2, 0.25) is 0 Å². The summed E-state index contributed by atoms with van der Waals surface area (Å²) >= 11 is 0. The van der Waals surface area contributed by atoms with Crippen molar-refractivity contribution < 1.29 is 9.53 Å². The lowest BCUT2D eigenvalue weighted by molar-refractivity contribution is -0.119. The first-order chi connectivity index (χ1) is 10.2. The third kappa shape index (κ3) is 6.89. The van der Waals surface area contributed by atoms with Gasteiger partial charge in [0.1, 0.15) is 18.2 Å². The first-order valence-electron chi connectivity index (χ1n) is 7.39. The van der Waals surface area contributed by atoms with Crippen molar-refractivity contribution in [2.75, 3.05) is 36.9 Å². The smallest absolute Gasteiger partial charge is 0.239 e. The minimum atomic E-state index is -0.0492. The number of nitrogens with one attached hydrogen (secondary N) is 3. The molecule has 0 bridgehead atoms. The molecule has 0 fully saturated rings. The van der Waals surface area contributed by atoms with E-state index in [4.69, 9.17) is 4.74 Å². The average molecular weight is 295 g/mol. The van der Waals surface area contributed by atoms with E-state index in [-0.39, 0.29) is 12.5 Å². The highest BCUT2D eigenvalue weighted by Gasteiger charge is 2.06. The maximum Gasteiger partial charge on any atom is 0.239 e. The van der Waals surface area contributed by atoms with Gasteiger partial charge in [-0.1, -0.05) is 6.92 Å². The number of ether oxygens (including phenoxy) is 1. The van der Waals surface area contributed by atoms with Crippen molar-refractivity contribution in [3.63, 3.8) is 0 Å². The monoisotopic (exact) mass is 295 g/mol. The lowest BCUT2D eigenvalue weighted by Crippen LogP contribution is -2.30. The van der Waals surface area contributed by atoms with Gasteiger partial charge in [0.05, 0.1) is 6.54 Å². The van der Waals surface area contributed by atoms with Crippen molar-refractivity contribution in [1.29, 1.82) is 0 Å². The number of carbonyl (C=O) groups excluding carboxylic acids is 1. The Morgan fingerprint density at radius 2 is 1.90 bits per heavy atom. The highest BCUT2D eigenvalue weighted by atomic mass is 16.5. The maximum atomic E-state index is 11.6. The molecule has 0 saturated carbocycles. The molecule has 3 N–H and O–H groups in total. The topological polar surface area (TPSA) is 88.2 Å². The fraction of sp³-hybridized carbons (Fsp3) is 0.643. The standard InChI is InChI=1S/C14H25N5O2/c1-4-7-16-14(20)9-17-12-8-11(15-5-2)18-13(19-12)10-21-6-3/h8H,4-7,9-10H2,1-3H3,(H,16,20)(H2,15,17,18,19). The second-order valence-corrected chi connectivity index (χ2v) is 4.43. The summed E-state index contributed by atoms with van der Waals surface area (Å²) in [6, 6.07) is 1.78. The van der Waals surface area contributed by atoms with Gasteiger partial charge >= 0.3 is 0 Å². The summed E-state index contributed by atoms with van der Waals surface area (Å²) in [6.45, 7) is 8.53. The van der Waals surface area contributed by atoms with Crippen LogP contribution in [0, 0.1) is 0 Å². The van der Waals surface area contributed by atoms with Gasteiger partial charge in [-0.05, 0) is 20.3 Å². The molecule has 0 radical (unpaired) electrons. The molecular formula is C14H25N5O2. The Morgan fingerprint density at radius 1 is 1.19 bits per heavy atom. The van der Waals surface area contributed by atoms with E-state index >= 15 is 0 Å². The predicted molar refractivity (Wildman–Crippen MR) is 83.3 cm³/mol. The molecule has 7 nitrogen and oxygen atoms in total. The van der Waals surface area contributed by atoms with Crippen LogP contribution in [0.15, 0.2) is 6.07 Å². The summed E-state index contributed by atoms with van der Waals surface area (Å²) in [4.78, 5) is 20.3. The van der Waals surface area contributed by atoms with E-state index in [1.54, 1.807) is 6.07 Å². The fourth-order valence-corrected chi connectivity index (χ4v) is 1.62. The number of amides is 1. The van der Waals surface area contributed by atoms with Gasteiger partial charge in [-0.2, -0.15) is 0 Å². The molecule has 1 heterocycles. The zero-order valence-electron chi connectivity index (χ0n) is 13.0. The second kappa shape index (κ2) is 9.93. The van der Waals surface area contributed by atoms with Crippen LogP contribution in [0.5, 0.6) is 0 Å². The third-order valence-electron chi connectivity index (χ3n) is 2.57. The van der Waals surface area contributed by atoms with Crippen molar-refractivity contribution in [3.8, 4) is 0 Å². The highest BCUT2D eigenvalue weighted by Crippen LogP contribution is 2.11. The van der Waals surface area contributed by atoms with Crippen LogP contribution >= 0.6 is 0 Å². The number of aromatic nitrogens is 2. The molecule has 1 rings (SSSR count). The van der Waals surface area contributed by atoms with E-state index < -0.39 is 0 Å². The van der Waals surface area contributed by atoms with Crippen LogP contribution < -0.4 is 16.0 Å². The van der Waals surface area contributed by atoms with Crippen molar-refractivity contribution in [2.24, 2.45) is 0 Å². The SMILES string of the molecule is CCCNC(=O)CNc1cc(NCC)nc(COCC)n1. The van der Waals surface area contributed by atoms with E-state index in [2.05, 4.69) is 25.9 Å². The minimum Gasteiger partial charge on any atom is -0.374 e. The summed E-state index contributed by atoms with van der Waals surface area (Å²) in [7, 11) is 0. The molecule has 1 amide bonds. The van der Waals surface area contributed by atoms with Gasteiger partial charge in [0, 0.05) is 25.8 Å². The second-order valence-electron chi connectivity index (χ2n) is 4.43. The lowest BCUT2D eigenvalue weighted by atomic mass is 10.4. The Hall–Kier alpha value is -1.89. The Kier molecular flexibility index (Phi) is 8.11. The number of anilines is 2. The molecule has 0 saturated heterocycles. The van der Waals surface area contributed by atoms with Gasteiger partial charge in [-0.15, -0.1) is 0 Å². The first kappa shape index (κ1) is 17.2. The van der Waals surface area contributed by atoms with Crippen molar-refractivity contribution in [3.05, 3.63) is 11.9 Å². The zero-order chi connectivity index (χ0) is 15.5. The molecule has 0 aliphatic rings. The van der Waals surface area contributed by atoms with Crippen LogP contribution in [0.25, 0.3) is 0 Å². The van der Waals surface area contributed by atoms with Gasteiger partial charge in [0.15, 0.2) is 5.82 Å². The van der Waals surface area contributed by atoms with Crippen molar-refractivity contribution in [2.45, 2.75) is 33.8 Å². The molecule has 0 atom stereocenters. The summed E-state index contributed by atoms with van der Waals surface area (Å²) < 4.78 is 5.33. The van der Waals surface area contributed by atoms with Crippen LogP contribution in [0.4, 0.5) is 11.6 Å². The Balaban J connectivity index is 2.65. The number of nitrogens with zero attached hydrogens (tertiary/aromatic N) is 2. The van der Waals surface area contributed by atoms with E-state index in [1.165, 1.54) is 0 Å². The Labute approximate surface area is 125 Å². The van der Waals surface area contributed by atoms with Crippen LogP contribution in [0.1, 0.15) is 33.0 Å². The third-order valence-corrected chi connectivity index (χ3v) is 2.57. The molecular weight excluding hydrogens is 270 g/mol. The molecule has 0 aromatic carbocycles. The fourth-order valence-electron chi connectivity index (χ4n) is 1.62. The van der Waals surface area contributed by atoms with Gasteiger partial charge in [-0.25, -0.2) is 9.97 Å². The molecule has 0 unspecified atom stereocenters. The van der Waals surface area contributed by atoms with E-state index in [0.717, 1.165) is 18.8 Å². The van der Waals surface area contributed by atoms with Gasteiger partial charge in [-0.3, -0.25) is 4.79 Å². The Morgan fingerprint density at radius 3 is 2.52 bits per heavy atom. The highest BCUT2D eigenvalue weighted by molar-refractivity contribution is 5.80. The first-order valence-corrected chi connectivity index (χ1v) is 7.39. The lowest BCUT2D eigenvalue weighted by Gasteiger charge is -2.10. The summed E-state index contributed by atoms with van der Waals surface area (Å²) in [5, 5.41) is 8.96. The van der Waals surface area contributed by atoms with Crippen molar-refractivity contribution in [1.82, 2.24) is 15.3 Å². The molecule has 1 aromatic heterocycles. The minimum absolute atomic E-state index is 0.0492. The van der Waals surface area contributed by atoms with Crippen molar-refractivity contribution >= 4 is 17.5 Å². The molecule has 7 heteroatoms. The number of hydrogen-bond donors (Lipinski definition) is 3. The van der Waals surface area contributed by atoms with Crippen LogP contribution in [-0.4, -0.2) is 42.1 Å². The van der Waals surface area contributed by atoms with E-state index in [1.807, 2.05) is 20.8 Å². The summed E-state index contributed by atoms with van der Waals surface area (Å²) in [5.74, 6) is 1.87. The molecule has 0 aliphatic carbocycles. The van der Waals surface area contributed by atoms with Gasteiger partial charge in [0.25, 0.3) is 0 Å². The molecule has 21 heavy (non-hydrogen) atoms. The number of rotatable bonds is 10. The van der Waals surface area contributed by atoms with E-state index in [9.17, 15) is 4.79 Å². The van der Waals surface area contributed by atoms with Gasteiger partial charge in [0.2, 0.25) is 5.91 Å². The van der Waals surface area contributed by atoms with E-state index in [0.29, 0.717) is 31.4 Å². The maximum absolute atomic E-state index is 11.6. The molecule has 1 aromatic rings. The molecule has 0 aliphatic heterocycles. The zero-order valence-corrected chi connectivity index (χ0v) is 13.0. The van der Waals surface area contributed by atoms with Gasteiger partial charge < -0.3 is 20.7 Å².